The lowest BCUT2D eigenvalue weighted by Crippen LogP contribution is -2.40. The van der Waals surface area contributed by atoms with Crippen LogP contribution in [0.1, 0.15) is 50.1 Å². The van der Waals surface area contributed by atoms with Crippen LogP contribution in [0, 0.1) is 0 Å². The lowest BCUT2D eigenvalue weighted by molar-refractivity contribution is 0.446. The van der Waals surface area contributed by atoms with E-state index < -0.39 is 0 Å². The maximum Gasteiger partial charge on any atom is 0.0467 e. The Morgan fingerprint density at radius 2 is 1.88 bits per heavy atom. The Hall–Kier alpha value is -0.470. The first-order valence-electron chi connectivity index (χ1n) is 6.06. The third-order valence-corrected chi connectivity index (χ3v) is 4.78. The Morgan fingerprint density at radius 1 is 1.25 bits per heavy atom. The topological polar surface area (TPSA) is 12.0 Å². The molecule has 2 unspecified atom stereocenters. The van der Waals surface area contributed by atoms with E-state index in [0.717, 1.165) is 6.54 Å². The van der Waals surface area contributed by atoms with Crippen LogP contribution in [0.2, 0.25) is 0 Å². The maximum atomic E-state index is 3.63. The van der Waals surface area contributed by atoms with Crippen LogP contribution < -0.4 is 5.32 Å². The second-order valence-electron chi connectivity index (χ2n) is 4.98. The highest BCUT2D eigenvalue weighted by molar-refractivity contribution is 8.00. The molecule has 0 bridgehead atoms. The quantitative estimate of drug-likeness (QED) is 0.833. The smallest absolute Gasteiger partial charge is 0.0467 e. The fraction of sp³-hybridized carbons (Fsp3) is 0.571. The number of thioether (sulfide) groups is 1. The van der Waals surface area contributed by atoms with Gasteiger partial charge in [0.25, 0.3) is 0 Å². The van der Waals surface area contributed by atoms with Crippen molar-refractivity contribution in [3.05, 3.63) is 35.4 Å². The molecule has 16 heavy (non-hydrogen) atoms. The van der Waals surface area contributed by atoms with E-state index in [1.807, 2.05) is 0 Å². The molecule has 0 spiro atoms. The van der Waals surface area contributed by atoms with Crippen LogP contribution in [-0.2, 0) is 0 Å². The third kappa shape index (κ3) is 2.01. The molecule has 88 valence electrons. The molecule has 1 aromatic carbocycles. The molecule has 1 heterocycles. The number of benzene rings is 1. The van der Waals surface area contributed by atoms with Gasteiger partial charge in [-0.15, -0.1) is 11.8 Å². The summed E-state index contributed by atoms with van der Waals surface area (Å²) in [5.41, 5.74) is 2.98. The van der Waals surface area contributed by atoms with Crippen LogP contribution in [0.15, 0.2) is 24.3 Å². The highest BCUT2D eigenvalue weighted by Crippen LogP contribution is 2.51. The minimum atomic E-state index is 0.268. The van der Waals surface area contributed by atoms with Crippen molar-refractivity contribution in [2.24, 2.45) is 0 Å². The average Bonchev–Trinajstić information content (AvgIpc) is 2.23. The van der Waals surface area contributed by atoms with Crippen LogP contribution in [0.25, 0.3) is 0 Å². The van der Waals surface area contributed by atoms with Gasteiger partial charge in [0.2, 0.25) is 0 Å². The monoisotopic (exact) mass is 235 g/mol. The zero-order chi connectivity index (χ0) is 11.8. The van der Waals surface area contributed by atoms with Gasteiger partial charge in [-0.25, -0.2) is 0 Å². The SMILES string of the molecule is CCNC1c2ccccc2C(C)SC1(C)C. The van der Waals surface area contributed by atoms with Crippen LogP contribution in [-0.4, -0.2) is 11.3 Å². The molecule has 0 saturated carbocycles. The molecule has 1 nitrogen and oxygen atoms in total. The molecule has 2 atom stereocenters. The number of fused-ring (bicyclic) bond motifs is 1. The Balaban J connectivity index is 2.45. The van der Waals surface area contributed by atoms with Gasteiger partial charge < -0.3 is 5.32 Å². The van der Waals surface area contributed by atoms with E-state index in [1.54, 1.807) is 0 Å². The summed E-state index contributed by atoms with van der Waals surface area (Å²) in [7, 11) is 0. The minimum absolute atomic E-state index is 0.268. The summed E-state index contributed by atoms with van der Waals surface area (Å²) in [5.74, 6) is 0. The summed E-state index contributed by atoms with van der Waals surface area (Å²) in [6.45, 7) is 10.2. The van der Waals surface area contributed by atoms with Gasteiger partial charge in [-0.3, -0.25) is 0 Å². The standard InChI is InChI=1S/C14H21NS/c1-5-15-13-12-9-7-6-8-11(12)10(2)16-14(13,3)4/h6-10,13,15H,5H2,1-4H3. The Labute approximate surface area is 103 Å². The van der Waals surface area contributed by atoms with E-state index in [2.05, 4.69) is 69.0 Å². The van der Waals surface area contributed by atoms with E-state index >= 15 is 0 Å². The molecular formula is C14H21NS. The van der Waals surface area contributed by atoms with Gasteiger partial charge in [0.05, 0.1) is 0 Å². The molecule has 0 radical (unpaired) electrons. The molecule has 2 heteroatoms. The minimum Gasteiger partial charge on any atom is -0.309 e. The van der Waals surface area contributed by atoms with Crippen molar-refractivity contribution in [2.75, 3.05) is 6.54 Å². The fourth-order valence-electron chi connectivity index (χ4n) is 2.67. The summed E-state index contributed by atoms with van der Waals surface area (Å²) in [4.78, 5) is 0. The van der Waals surface area contributed by atoms with Gasteiger partial charge in [0, 0.05) is 16.0 Å². The number of hydrogen-bond acceptors (Lipinski definition) is 2. The van der Waals surface area contributed by atoms with Crippen molar-refractivity contribution in [3.8, 4) is 0 Å². The molecule has 0 aliphatic carbocycles. The first-order valence-corrected chi connectivity index (χ1v) is 6.94. The van der Waals surface area contributed by atoms with Crippen LogP contribution in [0.4, 0.5) is 0 Å². The first kappa shape index (κ1) is 12.0. The largest absolute Gasteiger partial charge is 0.309 e. The second-order valence-corrected chi connectivity index (χ2v) is 6.98. The van der Waals surface area contributed by atoms with Gasteiger partial charge in [0.1, 0.15) is 0 Å². The lowest BCUT2D eigenvalue weighted by Gasteiger charge is -2.42. The molecule has 1 aliphatic rings. The molecule has 1 aliphatic heterocycles. The van der Waals surface area contributed by atoms with E-state index in [4.69, 9.17) is 0 Å². The van der Waals surface area contributed by atoms with Crippen molar-refractivity contribution in [2.45, 2.75) is 43.7 Å². The highest BCUT2D eigenvalue weighted by Gasteiger charge is 2.38. The van der Waals surface area contributed by atoms with E-state index in [9.17, 15) is 0 Å². The Morgan fingerprint density at radius 3 is 2.50 bits per heavy atom. The summed E-state index contributed by atoms with van der Waals surface area (Å²) in [6.07, 6.45) is 0. The van der Waals surface area contributed by atoms with Crippen molar-refractivity contribution in [1.29, 1.82) is 0 Å². The molecule has 2 rings (SSSR count). The van der Waals surface area contributed by atoms with Gasteiger partial charge in [0.15, 0.2) is 0 Å². The van der Waals surface area contributed by atoms with Crippen LogP contribution >= 0.6 is 11.8 Å². The molecule has 1 N–H and O–H groups in total. The molecule has 0 amide bonds. The molecule has 1 aromatic rings. The maximum absolute atomic E-state index is 3.63. The number of nitrogens with one attached hydrogen (secondary N) is 1. The number of hydrogen-bond donors (Lipinski definition) is 1. The summed E-state index contributed by atoms with van der Waals surface area (Å²) < 4.78 is 0.268. The highest BCUT2D eigenvalue weighted by atomic mass is 32.2. The van der Waals surface area contributed by atoms with Crippen molar-refractivity contribution < 1.29 is 0 Å². The van der Waals surface area contributed by atoms with Crippen LogP contribution in [0.5, 0.6) is 0 Å². The second kappa shape index (κ2) is 4.42. The lowest BCUT2D eigenvalue weighted by atomic mass is 9.89. The summed E-state index contributed by atoms with van der Waals surface area (Å²) >= 11 is 2.07. The van der Waals surface area contributed by atoms with Crippen molar-refractivity contribution in [3.63, 3.8) is 0 Å². The average molecular weight is 235 g/mol. The third-order valence-electron chi connectivity index (χ3n) is 3.33. The van der Waals surface area contributed by atoms with Crippen LogP contribution in [0.3, 0.4) is 0 Å². The molecular weight excluding hydrogens is 214 g/mol. The Bertz CT molecular complexity index is 373. The first-order chi connectivity index (χ1) is 7.56. The molecule has 0 fully saturated rings. The fourth-order valence-corrected chi connectivity index (χ4v) is 4.26. The van der Waals surface area contributed by atoms with Gasteiger partial charge >= 0.3 is 0 Å². The van der Waals surface area contributed by atoms with Crippen molar-refractivity contribution >= 4 is 11.8 Å². The van der Waals surface area contributed by atoms with Gasteiger partial charge in [-0.2, -0.15) is 0 Å². The molecule has 0 saturated heterocycles. The van der Waals surface area contributed by atoms with E-state index in [0.29, 0.717) is 11.3 Å². The molecule has 0 aromatic heterocycles. The summed E-state index contributed by atoms with van der Waals surface area (Å²) in [5, 5.41) is 4.23. The Kier molecular flexibility index (Phi) is 3.32. The normalized spacial score (nSPS) is 27.5. The zero-order valence-electron chi connectivity index (χ0n) is 10.6. The predicted octanol–water partition coefficient (Wildman–Crippen LogP) is 3.92. The summed E-state index contributed by atoms with van der Waals surface area (Å²) in [6, 6.07) is 9.32. The van der Waals surface area contributed by atoms with Gasteiger partial charge in [-0.05, 0) is 38.4 Å². The van der Waals surface area contributed by atoms with Crippen molar-refractivity contribution in [1.82, 2.24) is 5.32 Å². The van der Waals surface area contributed by atoms with Gasteiger partial charge in [-0.1, -0.05) is 31.2 Å². The van der Waals surface area contributed by atoms with E-state index in [1.165, 1.54) is 11.1 Å². The zero-order valence-corrected chi connectivity index (χ0v) is 11.4. The number of rotatable bonds is 2. The van der Waals surface area contributed by atoms with E-state index in [-0.39, 0.29) is 4.75 Å². The predicted molar refractivity (Wildman–Crippen MR) is 72.9 cm³/mol.